The maximum atomic E-state index is 12.6. The average molecular weight is 272 g/mol. The lowest BCUT2D eigenvalue weighted by atomic mass is 10.2. The van der Waals surface area contributed by atoms with Crippen LogP contribution >= 0.6 is 0 Å². The number of hydrogen-bond donors (Lipinski definition) is 0. The maximum absolute atomic E-state index is 12.6. The van der Waals surface area contributed by atoms with Gasteiger partial charge >= 0.3 is 0 Å². The van der Waals surface area contributed by atoms with E-state index in [1.54, 1.807) is 31.4 Å². The Balaban J connectivity index is 2.04. The van der Waals surface area contributed by atoms with E-state index in [-0.39, 0.29) is 5.91 Å². The molecule has 2 unspecified atom stereocenters. The zero-order chi connectivity index (χ0) is 13.4. The number of likely N-dealkylation sites (N-methyl/N-ethyl adjacent to an activating group) is 1. The molecule has 2 aromatic rings. The number of benzene rings is 1. The van der Waals surface area contributed by atoms with Gasteiger partial charge in [-0.15, -0.1) is 0 Å². The standard InChI is InChI=1S/C14H12N2O2S/c1-16-13-11(8-5-9-15-13)12(14(16)17)19(18)10-6-3-2-4-7-10/h2-9,12H,1H3. The van der Waals surface area contributed by atoms with Gasteiger partial charge in [-0.2, -0.15) is 0 Å². The summed E-state index contributed by atoms with van der Waals surface area (Å²) in [7, 11) is 1.66. The molecule has 1 aromatic carbocycles. The molecule has 0 bridgehead atoms. The van der Waals surface area contributed by atoms with Gasteiger partial charge in [0.15, 0.2) is 4.90 Å². The Morgan fingerprint density at radius 3 is 2.68 bits per heavy atom. The van der Waals surface area contributed by atoms with E-state index in [2.05, 4.69) is 4.98 Å². The number of nitrogens with zero attached hydrogens (tertiary/aromatic N) is 2. The summed E-state index contributed by atoms with van der Waals surface area (Å²) in [5, 5.41) is -0.656. The lowest BCUT2D eigenvalue weighted by Gasteiger charge is -2.16. The first-order chi connectivity index (χ1) is 9.20. The molecule has 1 amide bonds. The molecule has 0 aliphatic carbocycles. The summed E-state index contributed by atoms with van der Waals surface area (Å²) in [4.78, 5) is 18.6. The quantitative estimate of drug-likeness (QED) is 0.785. The van der Waals surface area contributed by atoms with E-state index in [0.29, 0.717) is 10.7 Å². The predicted molar refractivity (Wildman–Crippen MR) is 73.2 cm³/mol. The summed E-state index contributed by atoms with van der Waals surface area (Å²) in [5.74, 6) is 0.428. The SMILES string of the molecule is CN1C(=O)C([S+]([O-])c2ccccc2)c2cccnc21. The fourth-order valence-electron chi connectivity index (χ4n) is 2.21. The van der Waals surface area contributed by atoms with Crippen molar-refractivity contribution < 1.29 is 9.35 Å². The zero-order valence-corrected chi connectivity index (χ0v) is 11.1. The number of pyridine rings is 1. The number of aromatic nitrogens is 1. The van der Waals surface area contributed by atoms with Crippen molar-refractivity contribution in [1.82, 2.24) is 4.98 Å². The van der Waals surface area contributed by atoms with Gasteiger partial charge in [-0.05, 0) is 24.3 Å². The summed E-state index contributed by atoms with van der Waals surface area (Å²) in [6.07, 6.45) is 1.64. The molecule has 19 heavy (non-hydrogen) atoms. The largest absolute Gasteiger partial charge is 0.611 e. The molecule has 2 atom stereocenters. The summed E-state index contributed by atoms with van der Waals surface area (Å²) < 4.78 is 12.6. The topological polar surface area (TPSA) is 56.3 Å². The van der Waals surface area contributed by atoms with E-state index < -0.39 is 16.4 Å². The van der Waals surface area contributed by atoms with Crippen LogP contribution in [0.2, 0.25) is 0 Å². The Morgan fingerprint density at radius 2 is 1.95 bits per heavy atom. The average Bonchev–Trinajstić information content (AvgIpc) is 2.72. The van der Waals surface area contributed by atoms with Gasteiger partial charge in [0.2, 0.25) is 5.25 Å². The van der Waals surface area contributed by atoms with Crippen molar-refractivity contribution in [3.8, 4) is 0 Å². The molecule has 1 aliphatic heterocycles. The second kappa shape index (κ2) is 4.68. The number of amides is 1. The minimum Gasteiger partial charge on any atom is -0.611 e. The van der Waals surface area contributed by atoms with Gasteiger partial charge in [-0.25, -0.2) is 4.98 Å². The third-order valence-electron chi connectivity index (χ3n) is 3.16. The third kappa shape index (κ3) is 1.91. The molecule has 0 radical (unpaired) electrons. The van der Waals surface area contributed by atoms with Crippen LogP contribution in [0.5, 0.6) is 0 Å². The highest BCUT2D eigenvalue weighted by Gasteiger charge is 2.45. The Morgan fingerprint density at radius 1 is 1.21 bits per heavy atom. The highest BCUT2D eigenvalue weighted by atomic mass is 32.2. The van der Waals surface area contributed by atoms with E-state index in [0.717, 1.165) is 5.56 Å². The van der Waals surface area contributed by atoms with Crippen LogP contribution in [0.4, 0.5) is 5.82 Å². The zero-order valence-electron chi connectivity index (χ0n) is 10.3. The molecule has 0 fully saturated rings. The van der Waals surface area contributed by atoms with Gasteiger partial charge in [0.05, 0.1) is 5.56 Å². The van der Waals surface area contributed by atoms with Crippen molar-refractivity contribution in [1.29, 1.82) is 0 Å². The minimum absolute atomic E-state index is 0.170. The molecule has 5 heteroatoms. The Labute approximate surface area is 114 Å². The van der Waals surface area contributed by atoms with E-state index >= 15 is 0 Å². The van der Waals surface area contributed by atoms with E-state index in [1.807, 2.05) is 24.3 Å². The highest BCUT2D eigenvalue weighted by Crippen LogP contribution is 2.40. The normalized spacial score (nSPS) is 19.4. The second-order valence-electron chi connectivity index (χ2n) is 4.30. The van der Waals surface area contributed by atoms with Crippen LogP contribution in [0.1, 0.15) is 10.8 Å². The summed E-state index contributed by atoms with van der Waals surface area (Å²) in [6.45, 7) is 0. The molecule has 4 nitrogen and oxygen atoms in total. The lowest BCUT2D eigenvalue weighted by molar-refractivity contribution is -0.117. The molecular weight excluding hydrogens is 260 g/mol. The molecule has 0 saturated heterocycles. The molecule has 1 aromatic heterocycles. The van der Waals surface area contributed by atoms with Crippen molar-refractivity contribution >= 4 is 22.9 Å². The molecule has 3 rings (SSSR count). The summed E-state index contributed by atoms with van der Waals surface area (Å²) >= 11 is -1.40. The third-order valence-corrected chi connectivity index (χ3v) is 4.78. The van der Waals surface area contributed by atoms with Crippen LogP contribution in [-0.2, 0) is 16.0 Å². The van der Waals surface area contributed by atoms with E-state index in [1.165, 1.54) is 4.90 Å². The Kier molecular flexibility index (Phi) is 3.00. The van der Waals surface area contributed by atoms with Crippen molar-refractivity contribution in [3.05, 3.63) is 54.2 Å². The second-order valence-corrected chi connectivity index (χ2v) is 5.84. The number of hydrogen-bond acceptors (Lipinski definition) is 3. The van der Waals surface area contributed by atoms with Crippen LogP contribution in [0.25, 0.3) is 0 Å². The van der Waals surface area contributed by atoms with Crippen molar-refractivity contribution in [3.63, 3.8) is 0 Å². The number of carbonyl (C=O) groups excluding carboxylic acids is 1. The first kappa shape index (κ1) is 12.2. The Hall–Kier alpha value is -1.85. The molecule has 0 spiro atoms. The highest BCUT2D eigenvalue weighted by molar-refractivity contribution is 7.92. The van der Waals surface area contributed by atoms with Gasteiger partial charge in [0, 0.05) is 24.4 Å². The predicted octanol–water partition coefficient (Wildman–Crippen LogP) is 1.91. The smallest absolute Gasteiger partial charge is 0.286 e. The Bertz CT molecular complexity index is 618. The van der Waals surface area contributed by atoms with Gasteiger partial charge in [-0.1, -0.05) is 18.2 Å². The lowest BCUT2D eigenvalue weighted by Crippen LogP contribution is -2.28. The monoisotopic (exact) mass is 272 g/mol. The fourth-order valence-corrected chi connectivity index (χ4v) is 3.66. The first-order valence-corrected chi connectivity index (χ1v) is 7.09. The van der Waals surface area contributed by atoms with Crippen LogP contribution in [-0.4, -0.2) is 22.5 Å². The number of rotatable bonds is 2. The van der Waals surface area contributed by atoms with Crippen molar-refractivity contribution in [2.45, 2.75) is 10.1 Å². The summed E-state index contributed by atoms with van der Waals surface area (Å²) in [5.41, 5.74) is 0.734. The van der Waals surface area contributed by atoms with Crippen LogP contribution in [0, 0.1) is 0 Å². The molecule has 2 heterocycles. The van der Waals surface area contributed by atoms with Crippen LogP contribution in [0.15, 0.2) is 53.6 Å². The van der Waals surface area contributed by atoms with Crippen LogP contribution < -0.4 is 4.90 Å². The maximum Gasteiger partial charge on any atom is 0.286 e. The van der Waals surface area contributed by atoms with Gasteiger partial charge in [-0.3, -0.25) is 9.69 Å². The molecule has 1 aliphatic rings. The fraction of sp³-hybridized carbons (Fsp3) is 0.143. The molecule has 0 saturated carbocycles. The van der Waals surface area contributed by atoms with Crippen molar-refractivity contribution in [2.75, 3.05) is 11.9 Å². The molecule has 0 N–H and O–H groups in total. The van der Waals surface area contributed by atoms with E-state index in [4.69, 9.17) is 0 Å². The molecule has 96 valence electrons. The number of anilines is 1. The number of fused-ring (bicyclic) bond motifs is 1. The first-order valence-electron chi connectivity index (χ1n) is 5.88. The van der Waals surface area contributed by atoms with Crippen molar-refractivity contribution in [2.24, 2.45) is 0 Å². The summed E-state index contributed by atoms with van der Waals surface area (Å²) in [6, 6.07) is 12.6. The van der Waals surface area contributed by atoms with Crippen LogP contribution in [0.3, 0.4) is 0 Å². The number of carbonyl (C=O) groups is 1. The van der Waals surface area contributed by atoms with Gasteiger partial charge < -0.3 is 4.55 Å². The van der Waals surface area contributed by atoms with E-state index in [9.17, 15) is 9.35 Å². The van der Waals surface area contributed by atoms with Gasteiger partial charge in [0.1, 0.15) is 5.82 Å². The molecular formula is C14H12N2O2S. The minimum atomic E-state index is -1.40. The van der Waals surface area contributed by atoms with Gasteiger partial charge in [0.25, 0.3) is 5.91 Å².